The fourth-order valence-corrected chi connectivity index (χ4v) is 2.16. The monoisotopic (exact) mass is 400 g/mol. The second kappa shape index (κ2) is 12.0. The molecule has 0 bridgehead atoms. The van der Waals surface area contributed by atoms with E-state index < -0.39 is 53.9 Å². The molecule has 1 radical (unpaired) electrons. The standard InChI is InChI=1S/C17H30N5O6/c1-8(2)14(22-16(27)13(19)10(4)24)17(28)21-11(5-6-12(18)25)15(26)20-9(3)7-23/h8-11,13-14,24H,5-6,19H2,1-4H3,(H2,18,25)(H,20,26)(H,21,28)(H,22,27)/t9-,10+,11-,13-,14-/m0/s1. The molecule has 0 aromatic carbocycles. The number of aliphatic hydroxyl groups excluding tert-OH is 1. The van der Waals surface area contributed by atoms with Crippen LogP contribution >= 0.6 is 0 Å². The van der Waals surface area contributed by atoms with Gasteiger partial charge in [-0.05, 0) is 26.2 Å². The van der Waals surface area contributed by atoms with Gasteiger partial charge >= 0.3 is 0 Å². The minimum atomic E-state index is -1.23. The third-order valence-electron chi connectivity index (χ3n) is 3.92. The molecule has 0 aliphatic rings. The number of nitrogens with one attached hydrogen (secondary N) is 3. The van der Waals surface area contributed by atoms with E-state index in [1.54, 1.807) is 20.1 Å². The first-order chi connectivity index (χ1) is 12.9. The Labute approximate surface area is 164 Å². The lowest BCUT2D eigenvalue weighted by atomic mass is 10.0. The van der Waals surface area contributed by atoms with Gasteiger partial charge in [0.1, 0.15) is 18.1 Å². The maximum Gasteiger partial charge on any atom is 0.243 e. The number of aliphatic hydroxyl groups is 1. The Morgan fingerprint density at radius 3 is 1.96 bits per heavy atom. The molecule has 28 heavy (non-hydrogen) atoms. The van der Waals surface area contributed by atoms with Crippen LogP contribution < -0.4 is 27.4 Å². The topological polar surface area (TPSA) is 194 Å². The van der Waals surface area contributed by atoms with Crippen LogP contribution in [-0.4, -0.2) is 65.3 Å². The van der Waals surface area contributed by atoms with E-state index in [1.807, 2.05) is 0 Å². The van der Waals surface area contributed by atoms with E-state index in [0.717, 1.165) is 0 Å². The van der Waals surface area contributed by atoms with Gasteiger partial charge in [0.25, 0.3) is 0 Å². The van der Waals surface area contributed by atoms with E-state index >= 15 is 0 Å². The molecule has 0 aromatic heterocycles. The molecule has 0 aromatic rings. The average molecular weight is 400 g/mol. The number of hydrogen-bond acceptors (Lipinski definition) is 7. The largest absolute Gasteiger partial charge is 0.391 e. The molecular formula is C17H30N5O6. The van der Waals surface area contributed by atoms with E-state index in [-0.39, 0.29) is 18.8 Å². The number of carbonyl (C=O) groups is 4. The molecule has 0 saturated carbocycles. The number of hydrogen-bond donors (Lipinski definition) is 6. The van der Waals surface area contributed by atoms with Crippen molar-refractivity contribution in [2.75, 3.05) is 0 Å². The third kappa shape index (κ3) is 8.91. The van der Waals surface area contributed by atoms with Crippen molar-refractivity contribution in [1.29, 1.82) is 0 Å². The summed E-state index contributed by atoms with van der Waals surface area (Å²) in [5, 5.41) is 16.6. The Morgan fingerprint density at radius 1 is 0.964 bits per heavy atom. The number of carbonyl (C=O) groups excluding carboxylic acids is 5. The van der Waals surface area contributed by atoms with Gasteiger partial charge in [-0.2, -0.15) is 0 Å². The summed E-state index contributed by atoms with van der Waals surface area (Å²) in [5.41, 5.74) is 10.7. The van der Waals surface area contributed by atoms with Gasteiger partial charge in [-0.1, -0.05) is 13.8 Å². The molecule has 0 saturated heterocycles. The number of rotatable bonds is 12. The van der Waals surface area contributed by atoms with Gasteiger partial charge in [0, 0.05) is 6.42 Å². The summed E-state index contributed by atoms with van der Waals surface area (Å²) < 4.78 is 0. The molecule has 11 heteroatoms. The molecular weight excluding hydrogens is 370 g/mol. The molecule has 0 spiro atoms. The molecule has 0 aliphatic heterocycles. The fourth-order valence-electron chi connectivity index (χ4n) is 2.16. The first-order valence-corrected chi connectivity index (χ1v) is 8.91. The Bertz CT molecular complexity index is 580. The Morgan fingerprint density at radius 2 is 1.54 bits per heavy atom. The quantitative estimate of drug-likeness (QED) is 0.203. The zero-order chi connectivity index (χ0) is 22.0. The molecule has 11 nitrogen and oxygen atoms in total. The average Bonchev–Trinajstić information content (AvgIpc) is 2.60. The summed E-state index contributed by atoms with van der Waals surface area (Å²) >= 11 is 0. The molecule has 4 amide bonds. The second-order valence-corrected chi connectivity index (χ2v) is 6.91. The van der Waals surface area contributed by atoms with Gasteiger partial charge < -0.3 is 32.5 Å². The maximum absolute atomic E-state index is 12.6. The van der Waals surface area contributed by atoms with Crippen LogP contribution in [0.1, 0.15) is 40.5 Å². The minimum absolute atomic E-state index is 0.0928. The van der Waals surface area contributed by atoms with Crippen molar-refractivity contribution in [3.05, 3.63) is 0 Å². The van der Waals surface area contributed by atoms with Crippen molar-refractivity contribution >= 4 is 29.9 Å². The SMILES string of the molecule is CC(C)[C@H](NC(=O)[C@@H](N)[C@@H](C)O)C(=O)N[C@@H](CCC(N)=O)C(=O)N[C@@H](C)[C]=O. The highest BCUT2D eigenvalue weighted by molar-refractivity contribution is 5.94. The van der Waals surface area contributed by atoms with E-state index in [9.17, 15) is 29.1 Å². The minimum Gasteiger partial charge on any atom is -0.391 e. The van der Waals surface area contributed by atoms with E-state index in [4.69, 9.17) is 11.5 Å². The highest BCUT2D eigenvalue weighted by Crippen LogP contribution is 2.06. The van der Waals surface area contributed by atoms with Gasteiger partial charge in [0.2, 0.25) is 29.9 Å². The smallest absolute Gasteiger partial charge is 0.243 e. The number of amides is 4. The Balaban J connectivity index is 5.28. The van der Waals surface area contributed by atoms with Crippen LogP contribution in [0.15, 0.2) is 0 Å². The van der Waals surface area contributed by atoms with E-state index in [1.165, 1.54) is 13.8 Å². The lowest BCUT2D eigenvalue weighted by Gasteiger charge is -2.27. The van der Waals surface area contributed by atoms with Crippen molar-refractivity contribution in [3.8, 4) is 0 Å². The van der Waals surface area contributed by atoms with Crippen molar-refractivity contribution in [1.82, 2.24) is 16.0 Å². The van der Waals surface area contributed by atoms with Crippen LogP contribution in [0.2, 0.25) is 0 Å². The first-order valence-electron chi connectivity index (χ1n) is 8.91. The summed E-state index contributed by atoms with van der Waals surface area (Å²) in [4.78, 5) is 58.6. The van der Waals surface area contributed by atoms with Gasteiger partial charge in [0.15, 0.2) is 0 Å². The molecule has 8 N–H and O–H groups in total. The summed E-state index contributed by atoms with van der Waals surface area (Å²) in [6, 6.07) is -4.34. The summed E-state index contributed by atoms with van der Waals surface area (Å²) in [7, 11) is 0. The third-order valence-corrected chi connectivity index (χ3v) is 3.92. The predicted octanol–water partition coefficient (Wildman–Crippen LogP) is -2.80. The van der Waals surface area contributed by atoms with Gasteiger partial charge in [-0.15, -0.1) is 0 Å². The number of primary amides is 1. The van der Waals surface area contributed by atoms with Crippen molar-refractivity contribution in [2.45, 2.75) is 70.8 Å². The molecule has 5 atom stereocenters. The highest BCUT2D eigenvalue weighted by atomic mass is 16.3. The molecule has 0 unspecified atom stereocenters. The van der Waals surface area contributed by atoms with Crippen molar-refractivity contribution in [3.63, 3.8) is 0 Å². The normalized spacial score (nSPS) is 16.2. The number of nitrogens with two attached hydrogens (primary N) is 2. The fraction of sp³-hybridized carbons (Fsp3) is 0.706. The molecule has 0 heterocycles. The maximum atomic E-state index is 12.6. The van der Waals surface area contributed by atoms with Crippen molar-refractivity contribution in [2.24, 2.45) is 17.4 Å². The van der Waals surface area contributed by atoms with E-state index in [2.05, 4.69) is 16.0 Å². The second-order valence-electron chi connectivity index (χ2n) is 6.91. The van der Waals surface area contributed by atoms with Crippen LogP contribution in [0.25, 0.3) is 0 Å². The zero-order valence-electron chi connectivity index (χ0n) is 16.5. The van der Waals surface area contributed by atoms with Crippen LogP contribution in [0, 0.1) is 5.92 Å². The van der Waals surface area contributed by atoms with Crippen LogP contribution in [0.4, 0.5) is 0 Å². The predicted molar refractivity (Wildman–Crippen MR) is 100 cm³/mol. The Hall–Kier alpha value is -2.53. The summed E-state index contributed by atoms with van der Waals surface area (Å²) in [6.45, 7) is 6.07. The van der Waals surface area contributed by atoms with Crippen molar-refractivity contribution < 1.29 is 29.1 Å². The summed E-state index contributed by atoms with van der Waals surface area (Å²) in [6.07, 6.45) is 0.188. The first kappa shape index (κ1) is 25.5. The van der Waals surface area contributed by atoms with Gasteiger partial charge in [-0.25, -0.2) is 0 Å². The summed E-state index contributed by atoms with van der Waals surface area (Å²) in [5.74, 6) is -3.15. The highest BCUT2D eigenvalue weighted by Gasteiger charge is 2.31. The van der Waals surface area contributed by atoms with Gasteiger partial charge in [0.05, 0.1) is 12.1 Å². The van der Waals surface area contributed by atoms with Crippen LogP contribution in [0.5, 0.6) is 0 Å². The molecule has 0 aliphatic carbocycles. The van der Waals surface area contributed by atoms with Crippen LogP contribution in [-0.2, 0) is 24.0 Å². The van der Waals surface area contributed by atoms with Gasteiger partial charge in [-0.3, -0.25) is 24.0 Å². The lowest BCUT2D eigenvalue weighted by molar-refractivity contribution is -0.134. The molecule has 0 rings (SSSR count). The van der Waals surface area contributed by atoms with Crippen LogP contribution in [0.3, 0.4) is 0 Å². The lowest BCUT2D eigenvalue weighted by Crippen LogP contribution is -2.59. The zero-order valence-corrected chi connectivity index (χ0v) is 16.5. The van der Waals surface area contributed by atoms with E-state index in [0.29, 0.717) is 0 Å². The molecule has 0 fully saturated rings. The molecule has 159 valence electrons. The Kier molecular flexibility index (Phi) is 10.9.